The molecule has 1 heterocycles. The number of hydrogen-bond acceptors (Lipinski definition) is 2. The number of para-hydroxylation sites is 1. The molecule has 0 aliphatic carbocycles. The second kappa shape index (κ2) is 10.3. The molecule has 6 aromatic carbocycles. The van der Waals surface area contributed by atoms with Gasteiger partial charge in [-0.1, -0.05) is 97.6 Å². The molecular formula is C38H26FNO. The van der Waals surface area contributed by atoms with Crippen LogP contribution in [0.2, 0.25) is 0 Å². The molecule has 0 bridgehead atoms. The van der Waals surface area contributed by atoms with Gasteiger partial charge in [0, 0.05) is 28.1 Å². The maximum atomic E-state index is 16.6. The molecule has 41 heavy (non-hydrogen) atoms. The monoisotopic (exact) mass is 531 g/mol. The predicted molar refractivity (Wildman–Crippen MR) is 169 cm³/mol. The Labute approximate surface area is 238 Å². The van der Waals surface area contributed by atoms with Crippen molar-refractivity contribution in [1.29, 1.82) is 0 Å². The third-order valence-electron chi connectivity index (χ3n) is 7.47. The number of benzene rings is 6. The van der Waals surface area contributed by atoms with Crippen LogP contribution < -0.4 is 4.90 Å². The number of nitrogens with zero attached hydrogens (tertiary/aromatic N) is 1. The van der Waals surface area contributed by atoms with Crippen molar-refractivity contribution in [3.8, 4) is 22.3 Å². The Balaban J connectivity index is 1.49. The van der Waals surface area contributed by atoms with Crippen molar-refractivity contribution < 1.29 is 8.81 Å². The van der Waals surface area contributed by atoms with E-state index in [1.807, 2.05) is 126 Å². The Kier molecular flexibility index (Phi) is 6.18. The van der Waals surface area contributed by atoms with Gasteiger partial charge in [-0.2, -0.15) is 0 Å². The second-order valence-corrected chi connectivity index (χ2v) is 10.00. The average Bonchev–Trinajstić information content (AvgIpc) is 3.40. The summed E-state index contributed by atoms with van der Waals surface area (Å²) >= 11 is 0. The van der Waals surface area contributed by atoms with Crippen LogP contribution in [0.25, 0.3) is 50.3 Å². The standard InChI is InChI=1S/C38H26FNO/c1-2-26-18-20-32-33-21-19-31(25-37(33)41-36(32)22-26)40(30-16-10-5-11-17-30)38-34(28-14-8-4-9-15-28)23-29(24-35(38)39)27-12-6-3-7-13-27/h2-25H,1H2. The highest BCUT2D eigenvalue weighted by molar-refractivity contribution is 6.07. The van der Waals surface area contributed by atoms with E-state index in [1.54, 1.807) is 6.07 Å². The molecule has 1 aromatic heterocycles. The summed E-state index contributed by atoms with van der Waals surface area (Å²) in [6.45, 7) is 3.88. The number of rotatable bonds is 6. The minimum absolute atomic E-state index is 0.311. The summed E-state index contributed by atoms with van der Waals surface area (Å²) in [5.74, 6) is -0.311. The summed E-state index contributed by atoms with van der Waals surface area (Å²) < 4.78 is 22.9. The van der Waals surface area contributed by atoms with Gasteiger partial charge in [-0.05, 0) is 70.8 Å². The largest absolute Gasteiger partial charge is 0.456 e. The van der Waals surface area contributed by atoms with Gasteiger partial charge in [-0.3, -0.25) is 0 Å². The Hall–Kier alpha value is -5.41. The van der Waals surface area contributed by atoms with Gasteiger partial charge >= 0.3 is 0 Å². The first-order valence-corrected chi connectivity index (χ1v) is 13.6. The van der Waals surface area contributed by atoms with Gasteiger partial charge in [0.1, 0.15) is 17.0 Å². The number of furan rings is 1. The highest BCUT2D eigenvalue weighted by atomic mass is 19.1. The molecule has 7 rings (SSSR count). The van der Waals surface area contributed by atoms with Crippen LogP contribution in [0.4, 0.5) is 21.5 Å². The van der Waals surface area contributed by atoms with Crippen molar-refractivity contribution in [2.75, 3.05) is 4.90 Å². The van der Waals surface area contributed by atoms with E-state index in [0.29, 0.717) is 5.69 Å². The molecule has 0 unspecified atom stereocenters. The van der Waals surface area contributed by atoms with Gasteiger partial charge in [0.25, 0.3) is 0 Å². The van der Waals surface area contributed by atoms with Gasteiger partial charge in [0.2, 0.25) is 0 Å². The van der Waals surface area contributed by atoms with Crippen molar-refractivity contribution in [1.82, 2.24) is 0 Å². The van der Waals surface area contributed by atoms with Crippen molar-refractivity contribution in [2.24, 2.45) is 0 Å². The first kappa shape index (κ1) is 24.6. The van der Waals surface area contributed by atoms with Gasteiger partial charge in [0.15, 0.2) is 0 Å². The summed E-state index contributed by atoms with van der Waals surface area (Å²) in [6, 6.07) is 45.7. The number of hydrogen-bond donors (Lipinski definition) is 0. The van der Waals surface area contributed by atoms with Gasteiger partial charge in [0.05, 0.1) is 11.4 Å². The first-order chi connectivity index (χ1) is 20.2. The topological polar surface area (TPSA) is 16.4 Å². The fourth-order valence-electron chi connectivity index (χ4n) is 5.49. The van der Waals surface area contributed by atoms with Crippen LogP contribution in [-0.4, -0.2) is 0 Å². The molecule has 0 aliphatic heterocycles. The minimum Gasteiger partial charge on any atom is -0.456 e. The summed E-state index contributed by atoms with van der Waals surface area (Å²) in [5.41, 5.74) is 8.17. The SMILES string of the molecule is C=Cc1ccc2c(c1)oc1cc(N(c3ccccc3)c3c(F)cc(-c4ccccc4)cc3-c3ccccc3)ccc12. The highest BCUT2D eigenvalue weighted by Crippen LogP contribution is 2.45. The number of halogens is 1. The van der Waals surface area contributed by atoms with E-state index < -0.39 is 0 Å². The summed E-state index contributed by atoms with van der Waals surface area (Å²) in [7, 11) is 0. The lowest BCUT2D eigenvalue weighted by Gasteiger charge is -2.28. The summed E-state index contributed by atoms with van der Waals surface area (Å²) in [6.07, 6.45) is 1.81. The van der Waals surface area contributed by atoms with E-state index in [1.165, 1.54) is 0 Å². The van der Waals surface area contributed by atoms with Crippen LogP contribution in [0.3, 0.4) is 0 Å². The van der Waals surface area contributed by atoms with Crippen LogP contribution in [0.15, 0.2) is 151 Å². The molecule has 196 valence electrons. The molecule has 0 amide bonds. The zero-order valence-corrected chi connectivity index (χ0v) is 22.3. The van der Waals surface area contributed by atoms with Crippen LogP contribution in [0.1, 0.15) is 5.56 Å². The molecule has 0 fully saturated rings. The fourth-order valence-corrected chi connectivity index (χ4v) is 5.49. The zero-order chi connectivity index (χ0) is 27.8. The Morgan fingerprint density at radius 2 is 1.17 bits per heavy atom. The van der Waals surface area contributed by atoms with Crippen LogP contribution in [-0.2, 0) is 0 Å². The third kappa shape index (κ3) is 4.48. The van der Waals surface area contributed by atoms with E-state index in [-0.39, 0.29) is 5.82 Å². The normalized spacial score (nSPS) is 11.1. The molecule has 3 heteroatoms. The Morgan fingerprint density at radius 3 is 1.85 bits per heavy atom. The molecule has 0 N–H and O–H groups in total. The van der Waals surface area contributed by atoms with Crippen LogP contribution in [0.5, 0.6) is 0 Å². The molecule has 0 saturated carbocycles. The zero-order valence-electron chi connectivity index (χ0n) is 22.3. The molecule has 2 nitrogen and oxygen atoms in total. The van der Waals surface area contributed by atoms with Crippen molar-refractivity contribution in [2.45, 2.75) is 0 Å². The Bertz CT molecular complexity index is 2010. The van der Waals surface area contributed by atoms with Crippen molar-refractivity contribution in [3.63, 3.8) is 0 Å². The maximum Gasteiger partial charge on any atom is 0.148 e. The number of anilines is 3. The smallest absolute Gasteiger partial charge is 0.148 e. The van der Waals surface area contributed by atoms with E-state index in [4.69, 9.17) is 4.42 Å². The maximum absolute atomic E-state index is 16.6. The third-order valence-corrected chi connectivity index (χ3v) is 7.47. The van der Waals surface area contributed by atoms with Gasteiger partial charge in [-0.15, -0.1) is 0 Å². The van der Waals surface area contributed by atoms with Gasteiger partial charge in [-0.25, -0.2) is 4.39 Å². The van der Waals surface area contributed by atoms with E-state index in [0.717, 1.165) is 61.1 Å². The Morgan fingerprint density at radius 1 is 0.561 bits per heavy atom. The van der Waals surface area contributed by atoms with E-state index >= 15 is 4.39 Å². The van der Waals surface area contributed by atoms with Crippen LogP contribution in [0, 0.1) is 5.82 Å². The van der Waals surface area contributed by atoms with Gasteiger partial charge < -0.3 is 9.32 Å². The predicted octanol–water partition coefficient (Wildman–Crippen LogP) is 11.2. The molecular weight excluding hydrogens is 505 g/mol. The summed E-state index contributed by atoms with van der Waals surface area (Å²) in [5, 5.41) is 2.04. The average molecular weight is 532 g/mol. The van der Waals surface area contributed by atoms with E-state index in [9.17, 15) is 0 Å². The quantitative estimate of drug-likeness (QED) is 0.212. The second-order valence-electron chi connectivity index (χ2n) is 10.00. The molecule has 7 aromatic rings. The lowest BCUT2D eigenvalue weighted by Crippen LogP contribution is -2.13. The number of fused-ring (bicyclic) bond motifs is 3. The molecule has 0 saturated heterocycles. The first-order valence-electron chi connectivity index (χ1n) is 13.6. The molecule has 0 atom stereocenters. The lowest BCUT2D eigenvalue weighted by atomic mass is 9.95. The molecule has 0 radical (unpaired) electrons. The highest BCUT2D eigenvalue weighted by Gasteiger charge is 2.23. The van der Waals surface area contributed by atoms with E-state index in [2.05, 4.69) is 24.8 Å². The summed E-state index contributed by atoms with van der Waals surface area (Å²) in [4.78, 5) is 1.98. The lowest BCUT2D eigenvalue weighted by molar-refractivity contribution is 0.629. The fraction of sp³-hybridized carbons (Fsp3) is 0. The van der Waals surface area contributed by atoms with Crippen molar-refractivity contribution in [3.05, 3.63) is 157 Å². The minimum atomic E-state index is -0.311. The van der Waals surface area contributed by atoms with Crippen molar-refractivity contribution >= 4 is 45.1 Å². The van der Waals surface area contributed by atoms with Crippen LogP contribution >= 0.6 is 0 Å². The molecule has 0 aliphatic rings. The molecule has 0 spiro atoms.